The minimum absolute atomic E-state index is 0.119. The maximum Gasteiger partial charge on any atom is 0.179 e. The van der Waals surface area contributed by atoms with E-state index < -0.39 is 5.60 Å². The Balaban J connectivity index is 2.11. The van der Waals surface area contributed by atoms with Crippen LogP contribution in [0, 0.1) is 13.8 Å². The van der Waals surface area contributed by atoms with Crippen molar-refractivity contribution in [3.8, 4) is 0 Å². The van der Waals surface area contributed by atoms with Crippen LogP contribution in [0.5, 0.6) is 0 Å². The Bertz CT molecular complexity index is 498. The van der Waals surface area contributed by atoms with Crippen molar-refractivity contribution in [2.45, 2.75) is 52.2 Å². The summed E-state index contributed by atoms with van der Waals surface area (Å²) in [7, 11) is 0. The van der Waals surface area contributed by atoms with Gasteiger partial charge in [0.1, 0.15) is 0 Å². The Labute approximate surface area is 121 Å². The molecule has 1 aromatic rings. The SMILES string of the molecule is Cc1ccc(C)c(C(=O)C(C)N2CCC(C)(O)CC2)c1. The van der Waals surface area contributed by atoms with Gasteiger partial charge in [0.15, 0.2) is 5.78 Å². The number of aryl methyl sites for hydroxylation is 2. The topological polar surface area (TPSA) is 40.5 Å². The maximum absolute atomic E-state index is 12.7. The minimum Gasteiger partial charge on any atom is -0.390 e. The lowest BCUT2D eigenvalue weighted by molar-refractivity contribution is -0.0127. The van der Waals surface area contributed by atoms with Gasteiger partial charge in [-0.05, 0) is 52.2 Å². The predicted octanol–water partition coefficient (Wildman–Crippen LogP) is 2.72. The van der Waals surface area contributed by atoms with Crippen LogP contribution < -0.4 is 0 Å². The van der Waals surface area contributed by atoms with Gasteiger partial charge in [0.2, 0.25) is 0 Å². The smallest absolute Gasteiger partial charge is 0.179 e. The number of piperidine rings is 1. The number of rotatable bonds is 3. The lowest BCUT2D eigenvalue weighted by atomic mass is 9.91. The van der Waals surface area contributed by atoms with E-state index in [1.165, 1.54) is 0 Å². The molecule has 3 nitrogen and oxygen atoms in total. The van der Waals surface area contributed by atoms with Gasteiger partial charge in [-0.25, -0.2) is 0 Å². The zero-order valence-corrected chi connectivity index (χ0v) is 12.9. The van der Waals surface area contributed by atoms with Crippen molar-refractivity contribution in [1.82, 2.24) is 4.90 Å². The fraction of sp³-hybridized carbons (Fsp3) is 0.588. The number of ketones is 1. The van der Waals surface area contributed by atoms with Gasteiger partial charge in [0, 0.05) is 18.7 Å². The standard InChI is InChI=1S/C17H25NO2/c1-12-5-6-13(2)15(11-12)16(19)14(3)18-9-7-17(4,20)8-10-18/h5-6,11,14,20H,7-10H2,1-4H3. The van der Waals surface area contributed by atoms with Crippen molar-refractivity contribution < 1.29 is 9.90 Å². The first kappa shape index (κ1) is 15.2. The number of carbonyl (C=O) groups excluding carboxylic acids is 1. The first-order chi connectivity index (χ1) is 9.30. The molecule has 0 aliphatic carbocycles. The number of benzene rings is 1. The molecule has 20 heavy (non-hydrogen) atoms. The number of likely N-dealkylation sites (tertiary alicyclic amines) is 1. The average molecular weight is 275 g/mol. The molecular formula is C17H25NO2. The highest BCUT2D eigenvalue weighted by Crippen LogP contribution is 2.24. The number of aliphatic hydroxyl groups is 1. The van der Waals surface area contributed by atoms with E-state index in [1.807, 2.05) is 45.9 Å². The normalized spacial score (nSPS) is 20.6. The van der Waals surface area contributed by atoms with E-state index in [4.69, 9.17) is 0 Å². The summed E-state index contributed by atoms with van der Waals surface area (Å²) in [4.78, 5) is 14.9. The van der Waals surface area contributed by atoms with Crippen LogP contribution in [0.15, 0.2) is 18.2 Å². The first-order valence-corrected chi connectivity index (χ1v) is 7.38. The Kier molecular flexibility index (Phi) is 4.31. The summed E-state index contributed by atoms with van der Waals surface area (Å²) in [6.45, 7) is 9.42. The molecule has 1 aliphatic heterocycles. The molecule has 1 aromatic carbocycles. The molecule has 0 bridgehead atoms. The molecule has 0 amide bonds. The zero-order valence-electron chi connectivity index (χ0n) is 12.9. The second-order valence-corrected chi connectivity index (χ2v) is 6.39. The van der Waals surface area contributed by atoms with Gasteiger partial charge in [0.05, 0.1) is 11.6 Å². The van der Waals surface area contributed by atoms with Gasteiger partial charge in [-0.15, -0.1) is 0 Å². The van der Waals surface area contributed by atoms with Crippen molar-refractivity contribution in [1.29, 1.82) is 0 Å². The highest BCUT2D eigenvalue weighted by atomic mass is 16.3. The fourth-order valence-corrected chi connectivity index (χ4v) is 2.79. The fourth-order valence-electron chi connectivity index (χ4n) is 2.79. The Morgan fingerprint density at radius 3 is 2.50 bits per heavy atom. The number of hydrogen-bond donors (Lipinski definition) is 1. The molecule has 1 N–H and O–H groups in total. The van der Waals surface area contributed by atoms with Gasteiger partial charge in [-0.3, -0.25) is 9.69 Å². The molecule has 1 atom stereocenters. The summed E-state index contributed by atoms with van der Waals surface area (Å²) in [6, 6.07) is 5.91. The number of hydrogen-bond acceptors (Lipinski definition) is 3. The van der Waals surface area contributed by atoms with Crippen LogP contribution in [0.4, 0.5) is 0 Å². The zero-order chi connectivity index (χ0) is 14.9. The molecule has 2 rings (SSSR count). The van der Waals surface area contributed by atoms with Crippen molar-refractivity contribution in [3.63, 3.8) is 0 Å². The summed E-state index contributed by atoms with van der Waals surface area (Å²) in [5, 5.41) is 10.00. The van der Waals surface area contributed by atoms with Crippen molar-refractivity contribution in [2.75, 3.05) is 13.1 Å². The molecule has 110 valence electrons. The van der Waals surface area contributed by atoms with Crippen molar-refractivity contribution in [2.24, 2.45) is 0 Å². The lowest BCUT2D eigenvalue weighted by Gasteiger charge is -2.38. The number of Topliss-reactive ketones (excluding diaryl/α,β-unsaturated/α-hetero) is 1. The van der Waals surface area contributed by atoms with E-state index in [-0.39, 0.29) is 11.8 Å². The molecule has 1 aliphatic rings. The molecule has 0 aromatic heterocycles. The summed E-state index contributed by atoms with van der Waals surface area (Å²) >= 11 is 0. The second-order valence-electron chi connectivity index (χ2n) is 6.39. The van der Waals surface area contributed by atoms with Gasteiger partial charge in [-0.2, -0.15) is 0 Å². The molecule has 1 saturated heterocycles. The van der Waals surface area contributed by atoms with E-state index in [1.54, 1.807) is 0 Å². The molecule has 0 saturated carbocycles. The molecule has 1 fully saturated rings. The van der Waals surface area contributed by atoms with E-state index in [2.05, 4.69) is 4.90 Å². The summed E-state index contributed by atoms with van der Waals surface area (Å²) < 4.78 is 0. The molecule has 1 heterocycles. The monoisotopic (exact) mass is 275 g/mol. The van der Waals surface area contributed by atoms with Gasteiger partial charge in [0.25, 0.3) is 0 Å². The van der Waals surface area contributed by atoms with Crippen LogP contribution >= 0.6 is 0 Å². The summed E-state index contributed by atoms with van der Waals surface area (Å²) in [5.41, 5.74) is 2.41. The Morgan fingerprint density at radius 2 is 1.90 bits per heavy atom. The van der Waals surface area contributed by atoms with E-state index in [0.29, 0.717) is 0 Å². The van der Waals surface area contributed by atoms with E-state index in [0.717, 1.165) is 42.6 Å². The maximum atomic E-state index is 12.7. The Hall–Kier alpha value is -1.19. The van der Waals surface area contributed by atoms with Crippen LogP contribution in [-0.4, -0.2) is 40.5 Å². The third-order valence-electron chi connectivity index (χ3n) is 4.46. The van der Waals surface area contributed by atoms with Crippen molar-refractivity contribution in [3.05, 3.63) is 34.9 Å². The molecule has 3 heteroatoms. The van der Waals surface area contributed by atoms with Gasteiger partial charge >= 0.3 is 0 Å². The van der Waals surface area contributed by atoms with Crippen molar-refractivity contribution >= 4 is 5.78 Å². The highest BCUT2D eigenvalue weighted by Gasteiger charge is 2.32. The summed E-state index contributed by atoms with van der Waals surface area (Å²) in [5.74, 6) is 0.188. The molecule has 0 spiro atoms. The van der Waals surface area contributed by atoms with Crippen LogP contribution in [0.3, 0.4) is 0 Å². The van der Waals surface area contributed by atoms with E-state index in [9.17, 15) is 9.90 Å². The molecule has 0 radical (unpaired) electrons. The van der Waals surface area contributed by atoms with Crippen LogP contribution in [0.1, 0.15) is 48.2 Å². The van der Waals surface area contributed by atoms with Gasteiger partial charge in [-0.1, -0.05) is 17.7 Å². The summed E-state index contributed by atoms with van der Waals surface area (Å²) in [6.07, 6.45) is 1.47. The van der Waals surface area contributed by atoms with Gasteiger partial charge < -0.3 is 5.11 Å². The highest BCUT2D eigenvalue weighted by molar-refractivity contribution is 6.01. The van der Waals surface area contributed by atoms with E-state index >= 15 is 0 Å². The minimum atomic E-state index is -0.571. The quantitative estimate of drug-likeness (QED) is 0.862. The van der Waals surface area contributed by atoms with Crippen LogP contribution in [0.25, 0.3) is 0 Å². The molecule has 1 unspecified atom stereocenters. The lowest BCUT2D eigenvalue weighted by Crippen LogP contribution is -2.48. The number of nitrogens with zero attached hydrogens (tertiary/aromatic N) is 1. The Morgan fingerprint density at radius 1 is 1.30 bits per heavy atom. The van der Waals surface area contributed by atoms with Crippen LogP contribution in [-0.2, 0) is 0 Å². The second kappa shape index (κ2) is 5.66. The third-order valence-corrected chi connectivity index (χ3v) is 4.46. The third kappa shape index (κ3) is 3.28. The first-order valence-electron chi connectivity index (χ1n) is 7.38. The predicted molar refractivity (Wildman–Crippen MR) is 81.1 cm³/mol. The number of carbonyl (C=O) groups is 1. The average Bonchev–Trinajstić information content (AvgIpc) is 2.40. The largest absolute Gasteiger partial charge is 0.390 e. The van der Waals surface area contributed by atoms with Crippen LogP contribution in [0.2, 0.25) is 0 Å². The molecular weight excluding hydrogens is 250 g/mol.